The van der Waals surface area contributed by atoms with Crippen molar-refractivity contribution in [2.24, 2.45) is 0 Å². The molecule has 3 nitrogen and oxygen atoms in total. The van der Waals surface area contributed by atoms with E-state index in [1.54, 1.807) is 0 Å². The lowest BCUT2D eigenvalue weighted by atomic mass is 10.1. The molecule has 0 heterocycles. The molecular weight excluding hydrogens is 226 g/mol. The van der Waals surface area contributed by atoms with Crippen molar-refractivity contribution in [3.8, 4) is 5.75 Å². The molecule has 100 valence electrons. The van der Waals surface area contributed by atoms with E-state index in [-0.39, 0.29) is 6.61 Å². The Morgan fingerprint density at radius 2 is 1.94 bits per heavy atom. The van der Waals surface area contributed by atoms with Gasteiger partial charge in [-0.15, -0.1) is 0 Å². The van der Waals surface area contributed by atoms with Crippen LogP contribution in [0.4, 0.5) is 0 Å². The molecule has 1 saturated carbocycles. The zero-order chi connectivity index (χ0) is 13.0. The van der Waals surface area contributed by atoms with Crippen LogP contribution in [-0.2, 0) is 6.54 Å². The highest BCUT2D eigenvalue weighted by Crippen LogP contribution is 2.26. The summed E-state index contributed by atoms with van der Waals surface area (Å²) < 4.78 is 5.72. The average molecular weight is 249 g/mol. The molecule has 1 aliphatic rings. The fraction of sp³-hybridized carbons (Fsp3) is 0.600. The SMILES string of the molecule is Cc1cc(CNC2CC2)cc(C)c1OCCCO. The van der Waals surface area contributed by atoms with E-state index in [0.717, 1.165) is 18.3 Å². The Kier molecular flexibility index (Phi) is 4.61. The number of aryl methyl sites for hydroxylation is 2. The molecule has 0 saturated heterocycles. The van der Waals surface area contributed by atoms with E-state index >= 15 is 0 Å². The van der Waals surface area contributed by atoms with E-state index < -0.39 is 0 Å². The van der Waals surface area contributed by atoms with Gasteiger partial charge in [-0.1, -0.05) is 12.1 Å². The lowest BCUT2D eigenvalue weighted by molar-refractivity contribution is 0.232. The molecule has 0 aliphatic heterocycles. The highest BCUT2D eigenvalue weighted by molar-refractivity contribution is 5.43. The number of hydrogen-bond donors (Lipinski definition) is 2. The van der Waals surface area contributed by atoms with Crippen molar-refractivity contribution >= 4 is 0 Å². The van der Waals surface area contributed by atoms with Gasteiger partial charge >= 0.3 is 0 Å². The molecule has 0 radical (unpaired) electrons. The van der Waals surface area contributed by atoms with E-state index in [1.165, 1.54) is 29.5 Å². The first-order valence-electron chi connectivity index (χ1n) is 6.78. The van der Waals surface area contributed by atoms with Crippen molar-refractivity contribution in [1.82, 2.24) is 5.32 Å². The molecule has 0 unspecified atom stereocenters. The zero-order valence-corrected chi connectivity index (χ0v) is 11.3. The molecule has 1 aliphatic carbocycles. The molecule has 3 heteroatoms. The molecule has 2 N–H and O–H groups in total. The monoisotopic (exact) mass is 249 g/mol. The average Bonchev–Trinajstić information content (AvgIpc) is 3.14. The van der Waals surface area contributed by atoms with E-state index in [9.17, 15) is 0 Å². The number of nitrogens with one attached hydrogen (secondary N) is 1. The van der Waals surface area contributed by atoms with Gasteiger partial charge in [-0.05, 0) is 43.4 Å². The summed E-state index contributed by atoms with van der Waals surface area (Å²) in [7, 11) is 0. The fourth-order valence-electron chi connectivity index (χ4n) is 2.16. The maximum absolute atomic E-state index is 8.77. The van der Waals surface area contributed by atoms with Gasteiger partial charge in [0.25, 0.3) is 0 Å². The number of ether oxygens (including phenoxy) is 1. The van der Waals surface area contributed by atoms with Gasteiger partial charge in [0.1, 0.15) is 5.75 Å². The minimum absolute atomic E-state index is 0.182. The summed E-state index contributed by atoms with van der Waals surface area (Å²) in [5.74, 6) is 0.971. The van der Waals surface area contributed by atoms with Crippen molar-refractivity contribution in [2.75, 3.05) is 13.2 Å². The molecule has 2 rings (SSSR count). The summed E-state index contributed by atoms with van der Waals surface area (Å²) >= 11 is 0. The van der Waals surface area contributed by atoms with Gasteiger partial charge in [-0.25, -0.2) is 0 Å². The van der Waals surface area contributed by atoms with Crippen LogP contribution in [-0.4, -0.2) is 24.4 Å². The fourth-order valence-corrected chi connectivity index (χ4v) is 2.16. The standard InChI is InChI=1S/C15H23NO2/c1-11-8-13(10-16-14-4-5-14)9-12(2)15(11)18-7-3-6-17/h8-9,14,16-17H,3-7,10H2,1-2H3. The van der Waals surface area contributed by atoms with E-state index in [1.807, 2.05) is 0 Å². The van der Waals surface area contributed by atoms with Gasteiger partial charge in [-0.2, -0.15) is 0 Å². The van der Waals surface area contributed by atoms with Crippen LogP contribution in [0.2, 0.25) is 0 Å². The molecule has 1 aromatic carbocycles. The number of aliphatic hydroxyl groups excluding tert-OH is 1. The third-order valence-corrected chi connectivity index (χ3v) is 3.24. The normalized spacial score (nSPS) is 14.8. The molecular formula is C15H23NO2. The van der Waals surface area contributed by atoms with Gasteiger partial charge in [0.05, 0.1) is 6.61 Å². The first-order chi connectivity index (χ1) is 8.70. The van der Waals surface area contributed by atoms with Gasteiger partial charge in [0, 0.05) is 25.6 Å². The van der Waals surface area contributed by atoms with E-state index in [2.05, 4.69) is 31.3 Å². The van der Waals surface area contributed by atoms with Crippen LogP contribution in [0.25, 0.3) is 0 Å². The van der Waals surface area contributed by atoms with Gasteiger partial charge in [-0.3, -0.25) is 0 Å². The smallest absolute Gasteiger partial charge is 0.125 e. The Balaban J connectivity index is 1.97. The summed E-state index contributed by atoms with van der Waals surface area (Å²) in [5.41, 5.74) is 3.69. The first-order valence-corrected chi connectivity index (χ1v) is 6.78. The van der Waals surface area contributed by atoms with Crippen LogP contribution >= 0.6 is 0 Å². The summed E-state index contributed by atoms with van der Waals surface area (Å²) in [6.45, 7) is 5.88. The molecule has 0 spiro atoms. The summed E-state index contributed by atoms with van der Waals surface area (Å²) in [5, 5.41) is 12.3. The number of aliphatic hydroxyl groups is 1. The quantitative estimate of drug-likeness (QED) is 0.729. The van der Waals surface area contributed by atoms with Crippen LogP contribution < -0.4 is 10.1 Å². The maximum atomic E-state index is 8.77. The Hall–Kier alpha value is -1.06. The van der Waals surface area contributed by atoms with Crippen molar-refractivity contribution in [3.63, 3.8) is 0 Å². The number of rotatable bonds is 7. The molecule has 0 atom stereocenters. The van der Waals surface area contributed by atoms with Gasteiger partial charge < -0.3 is 15.2 Å². The Bertz CT molecular complexity index is 376. The minimum Gasteiger partial charge on any atom is -0.493 e. The largest absolute Gasteiger partial charge is 0.493 e. The Labute approximate surface area is 109 Å². The minimum atomic E-state index is 0.182. The second kappa shape index (κ2) is 6.21. The van der Waals surface area contributed by atoms with Gasteiger partial charge in [0.2, 0.25) is 0 Å². The van der Waals surface area contributed by atoms with Crippen LogP contribution in [0.5, 0.6) is 5.75 Å². The molecule has 1 aromatic rings. The first kappa shape index (κ1) is 13.4. The topological polar surface area (TPSA) is 41.5 Å². The third-order valence-electron chi connectivity index (χ3n) is 3.24. The van der Waals surface area contributed by atoms with Crippen molar-refractivity contribution < 1.29 is 9.84 Å². The van der Waals surface area contributed by atoms with Crippen LogP contribution in [0, 0.1) is 13.8 Å². The third kappa shape index (κ3) is 3.72. The molecule has 1 fully saturated rings. The number of hydrogen-bond acceptors (Lipinski definition) is 3. The molecule has 0 aromatic heterocycles. The summed E-state index contributed by atoms with van der Waals surface area (Å²) in [6.07, 6.45) is 3.32. The van der Waals surface area contributed by atoms with Crippen LogP contribution in [0.3, 0.4) is 0 Å². The van der Waals surface area contributed by atoms with E-state index in [4.69, 9.17) is 9.84 Å². The zero-order valence-electron chi connectivity index (χ0n) is 11.3. The number of benzene rings is 1. The van der Waals surface area contributed by atoms with Crippen molar-refractivity contribution in [2.45, 2.75) is 45.7 Å². The lowest BCUT2D eigenvalue weighted by Crippen LogP contribution is -2.15. The van der Waals surface area contributed by atoms with E-state index in [0.29, 0.717) is 13.0 Å². The molecule has 0 amide bonds. The highest BCUT2D eigenvalue weighted by Gasteiger charge is 2.20. The van der Waals surface area contributed by atoms with Crippen LogP contribution in [0.1, 0.15) is 36.0 Å². The molecule has 0 bridgehead atoms. The van der Waals surface area contributed by atoms with Gasteiger partial charge in [0.15, 0.2) is 0 Å². The highest BCUT2D eigenvalue weighted by atomic mass is 16.5. The predicted octanol–water partition coefficient (Wildman–Crippen LogP) is 2.32. The summed E-state index contributed by atoms with van der Waals surface area (Å²) in [4.78, 5) is 0. The van der Waals surface area contributed by atoms with Crippen molar-refractivity contribution in [1.29, 1.82) is 0 Å². The molecule has 18 heavy (non-hydrogen) atoms. The maximum Gasteiger partial charge on any atom is 0.125 e. The Morgan fingerprint density at radius 3 is 2.50 bits per heavy atom. The lowest BCUT2D eigenvalue weighted by Gasteiger charge is -2.14. The Morgan fingerprint density at radius 1 is 1.28 bits per heavy atom. The van der Waals surface area contributed by atoms with Crippen molar-refractivity contribution in [3.05, 3.63) is 28.8 Å². The van der Waals surface area contributed by atoms with Crippen LogP contribution in [0.15, 0.2) is 12.1 Å². The second-order valence-electron chi connectivity index (χ2n) is 5.14. The second-order valence-corrected chi connectivity index (χ2v) is 5.14. The summed E-state index contributed by atoms with van der Waals surface area (Å²) in [6, 6.07) is 5.12. The predicted molar refractivity (Wildman–Crippen MR) is 73.0 cm³/mol.